The first-order valence-corrected chi connectivity index (χ1v) is 8.13. The number of hydrogen-bond donors (Lipinski definition) is 2. The Bertz CT molecular complexity index is 466. The molecular weight excluding hydrogens is 319 g/mol. The highest BCUT2D eigenvalue weighted by atomic mass is 35.5. The van der Waals surface area contributed by atoms with E-state index >= 15 is 0 Å². The van der Waals surface area contributed by atoms with Gasteiger partial charge in [0, 0.05) is 19.1 Å². The second-order valence-corrected chi connectivity index (χ2v) is 5.71. The first-order chi connectivity index (χ1) is 10.8. The molecular formula is C17H26ClFN2O2. The highest BCUT2D eigenvalue weighted by Crippen LogP contribution is 2.17. The highest BCUT2D eigenvalue weighted by molar-refractivity contribution is 5.85. The molecule has 1 fully saturated rings. The van der Waals surface area contributed by atoms with E-state index in [1.165, 1.54) is 50.7 Å². The Morgan fingerprint density at radius 3 is 2.52 bits per heavy atom. The van der Waals surface area contributed by atoms with E-state index in [4.69, 9.17) is 4.74 Å². The van der Waals surface area contributed by atoms with Crippen molar-refractivity contribution in [3.05, 3.63) is 30.1 Å². The number of ether oxygens (including phenoxy) is 1. The van der Waals surface area contributed by atoms with Crippen molar-refractivity contribution in [2.24, 2.45) is 0 Å². The number of nitrogens with one attached hydrogen (secondary N) is 2. The predicted molar refractivity (Wildman–Crippen MR) is 91.6 cm³/mol. The van der Waals surface area contributed by atoms with Crippen molar-refractivity contribution in [1.82, 2.24) is 10.6 Å². The van der Waals surface area contributed by atoms with Gasteiger partial charge in [0.25, 0.3) is 5.91 Å². The number of hydrogen-bond acceptors (Lipinski definition) is 3. The molecule has 1 saturated carbocycles. The van der Waals surface area contributed by atoms with Gasteiger partial charge in [-0.05, 0) is 25.0 Å². The Balaban J connectivity index is 0.00000264. The zero-order valence-electron chi connectivity index (χ0n) is 13.4. The molecule has 2 rings (SSSR count). The second-order valence-electron chi connectivity index (χ2n) is 5.71. The molecule has 1 aromatic rings. The molecule has 0 atom stereocenters. The van der Waals surface area contributed by atoms with E-state index in [1.54, 1.807) is 12.1 Å². The van der Waals surface area contributed by atoms with Gasteiger partial charge in [-0.1, -0.05) is 37.8 Å². The standard InChI is InChI=1S/C17H25FN2O2.ClH/c18-15-9-5-6-10-16(15)22-13-17(21)20-12-11-19-14-7-3-1-2-4-8-14;/h5-6,9-10,14,19H,1-4,7-8,11-13H2,(H,20,21);1H. The fourth-order valence-corrected chi connectivity index (χ4v) is 2.72. The van der Waals surface area contributed by atoms with Gasteiger partial charge >= 0.3 is 0 Å². The molecule has 4 nitrogen and oxygen atoms in total. The van der Waals surface area contributed by atoms with Crippen LogP contribution in [0.15, 0.2) is 24.3 Å². The fourth-order valence-electron chi connectivity index (χ4n) is 2.72. The van der Waals surface area contributed by atoms with E-state index in [1.807, 2.05) is 0 Å². The maximum atomic E-state index is 13.3. The summed E-state index contributed by atoms with van der Waals surface area (Å²) in [5, 5.41) is 6.26. The molecule has 0 unspecified atom stereocenters. The molecule has 0 bridgehead atoms. The zero-order chi connectivity index (χ0) is 15.6. The van der Waals surface area contributed by atoms with Crippen molar-refractivity contribution >= 4 is 18.3 Å². The van der Waals surface area contributed by atoms with Crippen molar-refractivity contribution in [2.75, 3.05) is 19.7 Å². The van der Waals surface area contributed by atoms with E-state index in [2.05, 4.69) is 10.6 Å². The number of benzene rings is 1. The molecule has 1 aliphatic rings. The van der Waals surface area contributed by atoms with Gasteiger partial charge < -0.3 is 15.4 Å². The molecule has 130 valence electrons. The number of carbonyl (C=O) groups is 1. The topological polar surface area (TPSA) is 50.4 Å². The van der Waals surface area contributed by atoms with Crippen LogP contribution in [0.4, 0.5) is 4.39 Å². The van der Waals surface area contributed by atoms with Crippen LogP contribution in [0.25, 0.3) is 0 Å². The van der Waals surface area contributed by atoms with E-state index in [0.717, 1.165) is 6.54 Å². The lowest BCUT2D eigenvalue weighted by atomic mass is 10.1. The lowest BCUT2D eigenvalue weighted by Gasteiger charge is -2.16. The molecule has 0 aromatic heterocycles. The molecule has 0 radical (unpaired) electrons. The summed E-state index contributed by atoms with van der Waals surface area (Å²) in [5.41, 5.74) is 0. The Hall–Kier alpha value is -1.33. The van der Waals surface area contributed by atoms with Crippen LogP contribution in [0.5, 0.6) is 5.75 Å². The minimum absolute atomic E-state index is 0. The summed E-state index contributed by atoms with van der Waals surface area (Å²) in [6.07, 6.45) is 7.71. The van der Waals surface area contributed by atoms with Crippen molar-refractivity contribution in [2.45, 2.75) is 44.6 Å². The maximum Gasteiger partial charge on any atom is 0.257 e. The predicted octanol–water partition coefficient (Wildman–Crippen LogP) is 3.05. The molecule has 1 amide bonds. The van der Waals surface area contributed by atoms with E-state index in [0.29, 0.717) is 12.6 Å². The maximum absolute atomic E-state index is 13.3. The Kier molecular flexibility index (Phi) is 9.64. The average Bonchev–Trinajstić information content (AvgIpc) is 2.79. The normalized spacial score (nSPS) is 15.3. The number of halogens is 2. The molecule has 23 heavy (non-hydrogen) atoms. The lowest BCUT2D eigenvalue weighted by Crippen LogP contribution is -2.38. The Labute approximate surface area is 143 Å². The number of rotatable bonds is 7. The Morgan fingerprint density at radius 1 is 1.13 bits per heavy atom. The number of carbonyl (C=O) groups excluding carboxylic acids is 1. The molecule has 2 N–H and O–H groups in total. The van der Waals surface area contributed by atoms with Gasteiger partial charge in [0.15, 0.2) is 18.2 Å². The Morgan fingerprint density at radius 2 is 1.83 bits per heavy atom. The monoisotopic (exact) mass is 344 g/mol. The fraction of sp³-hybridized carbons (Fsp3) is 0.588. The van der Waals surface area contributed by atoms with Crippen LogP contribution in [-0.4, -0.2) is 31.6 Å². The third-order valence-electron chi connectivity index (χ3n) is 3.93. The third-order valence-corrected chi connectivity index (χ3v) is 3.93. The van der Waals surface area contributed by atoms with E-state index in [-0.39, 0.29) is 30.7 Å². The summed E-state index contributed by atoms with van der Waals surface area (Å²) in [4.78, 5) is 11.6. The van der Waals surface area contributed by atoms with Gasteiger partial charge in [-0.25, -0.2) is 4.39 Å². The van der Waals surface area contributed by atoms with Gasteiger partial charge in [-0.2, -0.15) is 0 Å². The molecule has 6 heteroatoms. The molecule has 1 aromatic carbocycles. The van der Waals surface area contributed by atoms with Gasteiger partial charge in [0.2, 0.25) is 0 Å². The number of amides is 1. The first-order valence-electron chi connectivity index (χ1n) is 8.13. The van der Waals surface area contributed by atoms with Crippen molar-refractivity contribution in [3.8, 4) is 5.75 Å². The molecule has 1 aliphatic carbocycles. The number of para-hydroxylation sites is 1. The van der Waals surface area contributed by atoms with Gasteiger partial charge in [-0.15, -0.1) is 12.4 Å². The first kappa shape index (κ1) is 19.7. The molecule has 0 saturated heterocycles. The molecule has 0 heterocycles. The minimum atomic E-state index is -0.453. The zero-order valence-corrected chi connectivity index (χ0v) is 14.2. The summed E-state index contributed by atoms with van der Waals surface area (Å²) in [6.45, 7) is 1.16. The molecule has 0 aliphatic heterocycles. The van der Waals surface area contributed by atoms with Crippen LogP contribution in [-0.2, 0) is 4.79 Å². The van der Waals surface area contributed by atoms with E-state index in [9.17, 15) is 9.18 Å². The van der Waals surface area contributed by atoms with E-state index < -0.39 is 5.82 Å². The molecule has 0 spiro atoms. The van der Waals surface area contributed by atoms with Crippen LogP contribution < -0.4 is 15.4 Å². The van der Waals surface area contributed by atoms with Gasteiger partial charge in [0.05, 0.1) is 0 Å². The van der Waals surface area contributed by atoms with Crippen LogP contribution in [0.1, 0.15) is 38.5 Å². The lowest BCUT2D eigenvalue weighted by molar-refractivity contribution is -0.123. The van der Waals surface area contributed by atoms with Crippen molar-refractivity contribution in [3.63, 3.8) is 0 Å². The smallest absolute Gasteiger partial charge is 0.257 e. The minimum Gasteiger partial charge on any atom is -0.481 e. The van der Waals surface area contributed by atoms with Gasteiger partial charge in [-0.3, -0.25) is 4.79 Å². The summed E-state index contributed by atoms with van der Waals surface area (Å²) >= 11 is 0. The van der Waals surface area contributed by atoms with Crippen molar-refractivity contribution in [1.29, 1.82) is 0 Å². The SMILES string of the molecule is Cl.O=C(COc1ccccc1F)NCCNC1CCCCCC1. The van der Waals surface area contributed by atoms with Crippen LogP contribution in [0.2, 0.25) is 0 Å². The quantitative estimate of drug-likeness (QED) is 0.590. The van der Waals surface area contributed by atoms with Crippen molar-refractivity contribution < 1.29 is 13.9 Å². The summed E-state index contributed by atoms with van der Waals surface area (Å²) in [7, 11) is 0. The highest BCUT2D eigenvalue weighted by Gasteiger charge is 2.11. The summed E-state index contributed by atoms with van der Waals surface area (Å²) < 4.78 is 18.5. The summed E-state index contributed by atoms with van der Waals surface area (Å²) in [5.74, 6) is -0.578. The van der Waals surface area contributed by atoms with Crippen LogP contribution in [0.3, 0.4) is 0 Å². The largest absolute Gasteiger partial charge is 0.481 e. The van der Waals surface area contributed by atoms with Crippen LogP contribution in [0, 0.1) is 5.82 Å². The second kappa shape index (κ2) is 11.2. The average molecular weight is 345 g/mol. The summed E-state index contributed by atoms with van der Waals surface area (Å²) in [6, 6.07) is 6.66. The van der Waals surface area contributed by atoms with Gasteiger partial charge in [0.1, 0.15) is 0 Å². The van der Waals surface area contributed by atoms with Crippen LogP contribution >= 0.6 is 12.4 Å². The third kappa shape index (κ3) is 7.66.